The van der Waals surface area contributed by atoms with Crippen LogP contribution in [0.4, 0.5) is 0 Å². The van der Waals surface area contributed by atoms with Crippen molar-refractivity contribution >= 4 is 0 Å². The van der Waals surface area contributed by atoms with E-state index in [4.69, 9.17) is 5.10 Å². The Bertz CT molecular complexity index is 355. The van der Waals surface area contributed by atoms with Gasteiger partial charge in [-0.05, 0) is 65.1 Å². The van der Waals surface area contributed by atoms with Crippen LogP contribution < -0.4 is 5.32 Å². The lowest BCUT2D eigenvalue weighted by Crippen LogP contribution is -2.17. The summed E-state index contributed by atoms with van der Waals surface area (Å²) in [5, 5.41) is 8.15. The van der Waals surface area contributed by atoms with Crippen LogP contribution in [0.3, 0.4) is 0 Å². The lowest BCUT2D eigenvalue weighted by Gasteiger charge is -2.14. The largest absolute Gasteiger partial charge is 0.317 e. The predicted octanol–water partition coefficient (Wildman–Crippen LogP) is 3.40. The molecule has 0 saturated carbocycles. The SMILES string of the molecule is CCCNCCCC(C)n1nc(C)c(CC)c1C. The second-order valence-electron chi connectivity index (χ2n) is 5.19. The van der Waals surface area contributed by atoms with Crippen LogP contribution >= 0.6 is 0 Å². The number of nitrogens with one attached hydrogen (secondary N) is 1. The van der Waals surface area contributed by atoms with Crippen LogP contribution in [0.25, 0.3) is 0 Å². The van der Waals surface area contributed by atoms with Crippen LogP contribution in [-0.2, 0) is 6.42 Å². The number of rotatable bonds is 8. The Morgan fingerprint density at radius 2 is 1.94 bits per heavy atom. The highest BCUT2D eigenvalue weighted by molar-refractivity contribution is 5.24. The molecule has 1 rings (SSSR count). The Hall–Kier alpha value is -0.830. The zero-order valence-corrected chi connectivity index (χ0v) is 12.7. The molecule has 0 saturated heterocycles. The summed E-state index contributed by atoms with van der Waals surface area (Å²) in [5.41, 5.74) is 3.97. The Morgan fingerprint density at radius 1 is 1.22 bits per heavy atom. The number of hydrogen-bond donors (Lipinski definition) is 1. The fourth-order valence-electron chi connectivity index (χ4n) is 2.58. The Balaban J connectivity index is 2.49. The lowest BCUT2D eigenvalue weighted by atomic mass is 10.1. The molecule has 3 nitrogen and oxygen atoms in total. The highest BCUT2D eigenvalue weighted by Gasteiger charge is 2.13. The van der Waals surface area contributed by atoms with Gasteiger partial charge in [0.1, 0.15) is 0 Å². The Kier molecular flexibility index (Phi) is 6.41. The van der Waals surface area contributed by atoms with Gasteiger partial charge in [0.25, 0.3) is 0 Å². The molecule has 0 spiro atoms. The Labute approximate surface area is 112 Å². The third kappa shape index (κ3) is 3.84. The maximum atomic E-state index is 4.69. The summed E-state index contributed by atoms with van der Waals surface area (Å²) >= 11 is 0. The summed E-state index contributed by atoms with van der Waals surface area (Å²) in [5.74, 6) is 0. The van der Waals surface area contributed by atoms with Crippen molar-refractivity contribution in [1.82, 2.24) is 15.1 Å². The van der Waals surface area contributed by atoms with Crippen LogP contribution in [0.15, 0.2) is 0 Å². The second kappa shape index (κ2) is 7.57. The molecule has 1 N–H and O–H groups in total. The van der Waals surface area contributed by atoms with Gasteiger partial charge < -0.3 is 5.32 Å². The van der Waals surface area contributed by atoms with Crippen LogP contribution in [0, 0.1) is 13.8 Å². The van der Waals surface area contributed by atoms with Crippen molar-refractivity contribution in [2.45, 2.75) is 66.3 Å². The first kappa shape index (κ1) is 15.2. The standard InChI is InChI=1S/C15H29N3/c1-6-10-16-11-8-9-12(3)18-14(5)15(7-2)13(4)17-18/h12,16H,6-11H2,1-5H3. The Morgan fingerprint density at radius 3 is 2.50 bits per heavy atom. The molecule has 0 aliphatic rings. The van der Waals surface area contributed by atoms with Crippen LogP contribution in [0.1, 0.15) is 63.0 Å². The average molecular weight is 251 g/mol. The molecule has 104 valence electrons. The maximum Gasteiger partial charge on any atom is 0.0628 e. The van der Waals surface area contributed by atoms with Crippen molar-refractivity contribution in [3.8, 4) is 0 Å². The van der Waals surface area contributed by atoms with Gasteiger partial charge in [-0.15, -0.1) is 0 Å². The minimum atomic E-state index is 0.507. The predicted molar refractivity (Wildman–Crippen MR) is 78.2 cm³/mol. The summed E-state index contributed by atoms with van der Waals surface area (Å²) in [6, 6.07) is 0.507. The van der Waals surface area contributed by atoms with E-state index in [1.165, 1.54) is 36.2 Å². The van der Waals surface area contributed by atoms with E-state index in [0.29, 0.717) is 6.04 Å². The van der Waals surface area contributed by atoms with Crippen molar-refractivity contribution in [3.05, 3.63) is 17.0 Å². The minimum absolute atomic E-state index is 0.507. The molecular formula is C15H29N3. The summed E-state index contributed by atoms with van der Waals surface area (Å²) < 4.78 is 2.22. The van der Waals surface area contributed by atoms with Gasteiger partial charge in [-0.1, -0.05) is 13.8 Å². The first-order valence-electron chi connectivity index (χ1n) is 7.37. The van der Waals surface area contributed by atoms with E-state index in [1.54, 1.807) is 0 Å². The summed E-state index contributed by atoms with van der Waals surface area (Å²) in [4.78, 5) is 0. The molecular weight excluding hydrogens is 222 g/mol. The lowest BCUT2D eigenvalue weighted by molar-refractivity contribution is 0.429. The van der Waals surface area contributed by atoms with Gasteiger partial charge in [-0.2, -0.15) is 5.10 Å². The van der Waals surface area contributed by atoms with E-state index in [1.807, 2.05) is 0 Å². The van der Waals surface area contributed by atoms with Crippen molar-refractivity contribution < 1.29 is 0 Å². The maximum absolute atomic E-state index is 4.69. The molecule has 18 heavy (non-hydrogen) atoms. The van der Waals surface area contributed by atoms with Crippen molar-refractivity contribution in [1.29, 1.82) is 0 Å². The summed E-state index contributed by atoms with van der Waals surface area (Å²) in [7, 11) is 0. The molecule has 0 amide bonds. The minimum Gasteiger partial charge on any atom is -0.317 e. The molecule has 0 fully saturated rings. The number of hydrogen-bond acceptors (Lipinski definition) is 2. The first-order chi connectivity index (χ1) is 8.61. The molecule has 0 aliphatic carbocycles. The zero-order chi connectivity index (χ0) is 13.5. The van der Waals surface area contributed by atoms with E-state index >= 15 is 0 Å². The van der Waals surface area contributed by atoms with Crippen molar-refractivity contribution in [2.75, 3.05) is 13.1 Å². The van der Waals surface area contributed by atoms with E-state index in [2.05, 4.69) is 44.6 Å². The smallest absolute Gasteiger partial charge is 0.0628 e. The fourth-order valence-corrected chi connectivity index (χ4v) is 2.58. The average Bonchev–Trinajstić information content (AvgIpc) is 2.64. The van der Waals surface area contributed by atoms with Crippen molar-refractivity contribution in [3.63, 3.8) is 0 Å². The molecule has 1 aromatic heterocycles. The highest BCUT2D eigenvalue weighted by Crippen LogP contribution is 2.20. The third-order valence-electron chi connectivity index (χ3n) is 3.65. The summed E-state index contributed by atoms with van der Waals surface area (Å²) in [6.07, 6.45) is 4.72. The van der Waals surface area contributed by atoms with Gasteiger partial charge in [0.05, 0.1) is 5.69 Å². The van der Waals surface area contributed by atoms with Crippen LogP contribution in [0.5, 0.6) is 0 Å². The molecule has 0 aliphatic heterocycles. The quantitative estimate of drug-likeness (QED) is 0.718. The molecule has 1 aromatic rings. The van der Waals surface area contributed by atoms with Gasteiger partial charge in [-0.25, -0.2) is 0 Å². The van der Waals surface area contributed by atoms with Crippen LogP contribution in [-0.4, -0.2) is 22.9 Å². The number of nitrogens with zero attached hydrogens (tertiary/aromatic N) is 2. The fraction of sp³-hybridized carbons (Fsp3) is 0.800. The summed E-state index contributed by atoms with van der Waals surface area (Å²) in [6.45, 7) is 13.3. The molecule has 0 bridgehead atoms. The zero-order valence-electron chi connectivity index (χ0n) is 12.7. The van der Waals surface area contributed by atoms with Gasteiger partial charge in [0.2, 0.25) is 0 Å². The molecule has 1 atom stereocenters. The van der Waals surface area contributed by atoms with Gasteiger partial charge in [-0.3, -0.25) is 4.68 Å². The molecule has 1 heterocycles. The number of aryl methyl sites for hydroxylation is 1. The van der Waals surface area contributed by atoms with Crippen LogP contribution in [0.2, 0.25) is 0 Å². The van der Waals surface area contributed by atoms with Gasteiger partial charge in [0.15, 0.2) is 0 Å². The van der Waals surface area contributed by atoms with E-state index in [9.17, 15) is 0 Å². The monoisotopic (exact) mass is 251 g/mol. The molecule has 1 unspecified atom stereocenters. The third-order valence-corrected chi connectivity index (χ3v) is 3.65. The van der Waals surface area contributed by atoms with E-state index < -0.39 is 0 Å². The molecule has 0 aromatic carbocycles. The first-order valence-corrected chi connectivity index (χ1v) is 7.37. The topological polar surface area (TPSA) is 29.9 Å². The molecule has 0 radical (unpaired) electrons. The van der Waals surface area contributed by atoms with Gasteiger partial charge >= 0.3 is 0 Å². The normalized spacial score (nSPS) is 12.9. The van der Waals surface area contributed by atoms with E-state index in [-0.39, 0.29) is 0 Å². The highest BCUT2D eigenvalue weighted by atomic mass is 15.3. The molecule has 3 heteroatoms. The number of aromatic nitrogens is 2. The van der Waals surface area contributed by atoms with Gasteiger partial charge in [0, 0.05) is 11.7 Å². The second-order valence-corrected chi connectivity index (χ2v) is 5.19. The van der Waals surface area contributed by atoms with E-state index in [0.717, 1.165) is 19.5 Å². The van der Waals surface area contributed by atoms with Crippen molar-refractivity contribution in [2.24, 2.45) is 0 Å².